The fourth-order valence-corrected chi connectivity index (χ4v) is 4.72. The number of unbranched alkanes of at least 4 members (excludes halogenated alkanes) is 1. The van der Waals surface area contributed by atoms with Crippen LogP contribution in [-0.4, -0.2) is 10.8 Å². The van der Waals surface area contributed by atoms with Crippen LogP contribution >= 0.6 is 0 Å². The number of hydrogen-bond acceptors (Lipinski definition) is 2. The predicted molar refractivity (Wildman–Crippen MR) is 115 cm³/mol. The summed E-state index contributed by atoms with van der Waals surface area (Å²) >= 11 is 0. The molecule has 1 heterocycles. The summed E-state index contributed by atoms with van der Waals surface area (Å²) in [6.45, 7) is 4.42. The third-order valence-electron chi connectivity index (χ3n) is 6.68. The molecule has 0 saturated heterocycles. The summed E-state index contributed by atoms with van der Waals surface area (Å²) in [5, 5.41) is 0. The first-order chi connectivity index (χ1) is 13.6. The lowest BCUT2D eigenvalue weighted by Gasteiger charge is -2.16. The summed E-state index contributed by atoms with van der Waals surface area (Å²) in [5.74, 6) is 1.92. The molecule has 2 fully saturated rings. The Labute approximate surface area is 169 Å². The van der Waals surface area contributed by atoms with Crippen LogP contribution in [-0.2, 0) is 11.2 Å². The summed E-state index contributed by atoms with van der Waals surface area (Å²) in [6.07, 6.45) is 10.1. The molecule has 2 heteroatoms. The minimum Gasteiger partial charge on any atom is -0.299 e. The van der Waals surface area contributed by atoms with Crippen molar-refractivity contribution < 1.29 is 4.79 Å². The van der Waals surface area contributed by atoms with Gasteiger partial charge in [0.2, 0.25) is 0 Å². The maximum absolute atomic E-state index is 11.9. The molecule has 0 amide bonds. The topological polar surface area (TPSA) is 30.0 Å². The van der Waals surface area contributed by atoms with E-state index < -0.39 is 0 Å². The van der Waals surface area contributed by atoms with Crippen LogP contribution in [0.5, 0.6) is 0 Å². The molecule has 2 atom stereocenters. The number of ketones is 1. The molecule has 2 saturated carbocycles. The summed E-state index contributed by atoms with van der Waals surface area (Å²) in [5.41, 5.74) is 6.64. The van der Waals surface area contributed by atoms with Crippen molar-refractivity contribution in [1.82, 2.24) is 4.98 Å². The van der Waals surface area contributed by atoms with Crippen molar-refractivity contribution in [3.8, 4) is 0 Å². The molecule has 0 aliphatic heterocycles. The van der Waals surface area contributed by atoms with Gasteiger partial charge in [0.15, 0.2) is 0 Å². The Morgan fingerprint density at radius 2 is 1.96 bits per heavy atom. The van der Waals surface area contributed by atoms with E-state index in [4.69, 9.17) is 4.98 Å². The number of hydrogen-bond donors (Lipinski definition) is 0. The summed E-state index contributed by atoms with van der Waals surface area (Å²) in [4.78, 5) is 17.0. The number of carbonyl (C=O) groups excluding carboxylic acids is 1. The summed E-state index contributed by atoms with van der Waals surface area (Å²) in [6, 6.07) is 13.4. The summed E-state index contributed by atoms with van der Waals surface area (Å²) < 4.78 is 0. The van der Waals surface area contributed by atoms with E-state index in [-0.39, 0.29) is 0 Å². The fourth-order valence-electron chi connectivity index (χ4n) is 4.72. The van der Waals surface area contributed by atoms with Gasteiger partial charge < -0.3 is 0 Å². The first-order valence-corrected chi connectivity index (χ1v) is 11.2. The van der Waals surface area contributed by atoms with Crippen LogP contribution in [0.4, 0.5) is 0 Å². The van der Waals surface area contributed by atoms with Gasteiger partial charge in [-0.05, 0) is 75.0 Å². The van der Waals surface area contributed by atoms with Crippen LogP contribution in [0.1, 0.15) is 98.2 Å². The van der Waals surface area contributed by atoms with E-state index in [1.165, 1.54) is 40.9 Å². The van der Waals surface area contributed by atoms with Crippen molar-refractivity contribution in [2.24, 2.45) is 5.92 Å². The minimum atomic E-state index is 0.322. The normalized spacial score (nSPS) is 20.5. The first-order valence-electron chi connectivity index (χ1n) is 11.2. The number of carbonyl (C=O) groups is 1. The Morgan fingerprint density at radius 3 is 2.68 bits per heavy atom. The predicted octanol–water partition coefficient (Wildman–Crippen LogP) is 6.50. The van der Waals surface area contributed by atoms with Gasteiger partial charge in [-0.15, -0.1) is 0 Å². The molecule has 1 aromatic carbocycles. The molecule has 148 valence electrons. The molecule has 28 heavy (non-hydrogen) atoms. The smallest absolute Gasteiger partial charge is 0.135 e. The average Bonchev–Trinajstić information content (AvgIpc) is 3.46. The molecule has 4 rings (SSSR count). The highest BCUT2D eigenvalue weighted by Gasteiger charge is 2.27. The third kappa shape index (κ3) is 4.54. The number of pyridine rings is 1. The third-order valence-corrected chi connectivity index (χ3v) is 6.68. The first kappa shape index (κ1) is 19.4. The van der Waals surface area contributed by atoms with E-state index in [0.29, 0.717) is 17.6 Å². The highest BCUT2D eigenvalue weighted by atomic mass is 16.1. The number of aryl methyl sites for hydroxylation is 2. The lowest BCUT2D eigenvalue weighted by atomic mass is 9.93. The highest BCUT2D eigenvalue weighted by molar-refractivity contribution is 5.82. The van der Waals surface area contributed by atoms with Gasteiger partial charge in [0, 0.05) is 29.6 Å². The van der Waals surface area contributed by atoms with Crippen molar-refractivity contribution in [2.75, 3.05) is 0 Å². The monoisotopic (exact) mass is 375 g/mol. The van der Waals surface area contributed by atoms with Crippen molar-refractivity contribution in [3.05, 3.63) is 64.5 Å². The Morgan fingerprint density at radius 1 is 1.11 bits per heavy atom. The molecule has 2 unspecified atom stereocenters. The summed E-state index contributed by atoms with van der Waals surface area (Å²) in [7, 11) is 0. The van der Waals surface area contributed by atoms with Crippen LogP contribution in [0, 0.1) is 12.8 Å². The van der Waals surface area contributed by atoms with Crippen molar-refractivity contribution >= 4 is 5.78 Å². The van der Waals surface area contributed by atoms with Crippen molar-refractivity contribution in [2.45, 2.75) is 83.5 Å². The molecular formula is C26H33NO. The number of benzene rings is 1. The zero-order chi connectivity index (χ0) is 19.5. The van der Waals surface area contributed by atoms with Gasteiger partial charge in [-0.2, -0.15) is 0 Å². The highest BCUT2D eigenvalue weighted by Crippen LogP contribution is 2.42. The van der Waals surface area contributed by atoms with Crippen molar-refractivity contribution in [1.29, 1.82) is 0 Å². The lowest BCUT2D eigenvalue weighted by molar-refractivity contribution is -0.120. The second kappa shape index (κ2) is 8.59. The lowest BCUT2D eigenvalue weighted by Crippen LogP contribution is -2.07. The van der Waals surface area contributed by atoms with E-state index in [9.17, 15) is 4.79 Å². The zero-order valence-electron chi connectivity index (χ0n) is 17.4. The maximum atomic E-state index is 11.9. The molecule has 1 aromatic heterocycles. The molecule has 2 aromatic rings. The molecule has 0 spiro atoms. The number of nitrogens with zero attached hydrogens (tertiary/aromatic N) is 1. The Bertz CT molecular complexity index is 836. The van der Waals surface area contributed by atoms with Gasteiger partial charge >= 0.3 is 0 Å². The number of aromatic nitrogens is 1. The van der Waals surface area contributed by atoms with Crippen LogP contribution in [0.15, 0.2) is 36.4 Å². The van der Waals surface area contributed by atoms with Gasteiger partial charge in [0.05, 0.1) is 0 Å². The van der Waals surface area contributed by atoms with Crippen LogP contribution in [0.25, 0.3) is 0 Å². The van der Waals surface area contributed by atoms with Crippen LogP contribution in [0.3, 0.4) is 0 Å². The largest absolute Gasteiger partial charge is 0.299 e. The Balaban J connectivity index is 1.44. The van der Waals surface area contributed by atoms with Gasteiger partial charge in [-0.1, -0.05) is 49.2 Å². The quantitative estimate of drug-likeness (QED) is 0.493. The van der Waals surface area contributed by atoms with E-state index in [1.54, 1.807) is 0 Å². The van der Waals surface area contributed by atoms with Crippen LogP contribution < -0.4 is 0 Å². The van der Waals surface area contributed by atoms with E-state index >= 15 is 0 Å². The van der Waals surface area contributed by atoms with Gasteiger partial charge in [-0.25, -0.2) is 0 Å². The molecule has 2 aliphatic carbocycles. The molecule has 0 N–H and O–H groups in total. The van der Waals surface area contributed by atoms with E-state index in [1.807, 2.05) is 0 Å². The van der Waals surface area contributed by atoms with Gasteiger partial charge in [0.25, 0.3) is 0 Å². The Hall–Kier alpha value is -1.96. The fraction of sp³-hybridized carbons (Fsp3) is 0.538. The van der Waals surface area contributed by atoms with E-state index in [0.717, 1.165) is 50.9 Å². The minimum absolute atomic E-state index is 0.322. The Kier molecular flexibility index (Phi) is 5.94. The van der Waals surface area contributed by atoms with Gasteiger partial charge in [-0.3, -0.25) is 9.78 Å². The molecule has 0 radical (unpaired) electrons. The molecule has 2 aliphatic rings. The zero-order valence-corrected chi connectivity index (χ0v) is 17.4. The maximum Gasteiger partial charge on any atom is 0.135 e. The average molecular weight is 376 g/mol. The van der Waals surface area contributed by atoms with Crippen molar-refractivity contribution in [3.63, 3.8) is 0 Å². The van der Waals surface area contributed by atoms with Crippen LogP contribution in [0.2, 0.25) is 0 Å². The molecule has 2 nitrogen and oxygen atoms in total. The second-order valence-corrected chi connectivity index (χ2v) is 8.98. The second-order valence-electron chi connectivity index (χ2n) is 8.98. The SMILES string of the molecule is Cc1cccc(C(C)c2ccc(C3CC3)c(CCCCC3CCCC3=O)n2)c1. The molecule has 0 bridgehead atoms. The number of Topliss-reactive ketones (excluding diaryl/α,β-unsaturated/α-hetero) is 1. The number of rotatable bonds is 8. The van der Waals surface area contributed by atoms with E-state index in [2.05, 4.69) is 50.2 Å². The standard InChI is InChI=1S/C26H33NO/c1-18-7-5-10-22(17-18)19(2)24-16-15-23(20-13-14-20)25(27-24)11-4-3-8-21-9-6-12-26(21)28/h5,7,10,15-17,19-21H,3-4,6,8-9,11-14H2,1-2H3. The van der Waals surface area contributed by atoms with Gasteiger partial charge in [0.1, 0.15) is 5.78 Å². The molecular weight excluding hydrogens is 342 g/mol.